The molecule has 17 heavy (non-hydrogen) atoms. The van der Waals surface area contributed by atoms with Gasteiger partial charge < -0.3 is 4.98 Å². The molecule has 0 aliphatic heterocycles. The maximum atomic E-state index is 12.2. The van der Waals surface area contributed by atoms with Crippen LogP contribution in [0, 0.1) is 12.8 Å². The number of nitrogens with one attached hydrogen (secondary N) is 1. The first-order valence-electron chi connectivity index (χ1n) is 6.35. The van der Waals surface area contributed by atoms with Crippen LogP contribution in [0.25, 0.3) is 10.9 Å². The molecule has 0 unspecified atom stereocenters. The maximum absolute atomic E-state index is 12.2. The van der Waals surface area contributed by atoms with Gasteiger partial charge in [0.05, 0.1) is 0 Å². The lowest BCUT2D eigenvalue weighted by Gasteiger charge is -2.24. The lowest BCUT2D eigenvalue weighted by molar-refractivity contribution is 0.0938. The van der Waals surface area contributed by atoms with Crippen LogP contribution >= 0.6 is 0 Å². The van der Waals surface area contributed by atoms with Crippen LogP contribution in [0.3, 0.4) is 0 Å². The van der Waals surface area contributed by atoms with Crippen LogP contribution in [0.5, 0.6) is 0 Å². The highest BCUT2D eigenvalue weighted by Gasteiger charge is 2.22. The summed E-state index contributed by atoms with van der Waals surface area (Å²) in [7, 11) is 0. The van der Waals surface area contributed by atoms with Gasteiger partial charge in [-0.25, -0.2) is 0 Å². The minimum Gasteiger partial charge on any atom is -0.360 e. The number of aryl methyl sites for hydroxylation is 1. The van der Waals surface area contributed by atoms with Gasteiger partial charge in [0.1, 0.15) is 0 Å². The molecule has 2 nitrogen and oxygen atoms in total. The molecule has 1 aliphatic carbocycles. The standard InChI is InChI=1S/C15H17NO/c1-10-5-6-14-12(7-10)13(9-16-14)15(17)8-11-3-2-4-11/h5-7,9,11,16H,2-4,8H2,1H3. The van der Waals surface area contributed by atoms with Crippen molar-refractivity contribution in [2.45, 2.75) is 32.6 Å². The Morgan fingerprint density at radius 3 is 2.94 bits per heavy atom. The van der Waals surface area contributed by atoms with E-state index in [2.05, 4.69) is 24.0 Å². The fraction of sp³-hybridized carbons (Fsp3) is 0.400. The minimum atomic E-state index is 0.298. The van der Waals surface area contributed by atoms with Gasteiger partial charge in [-0.1, -0.05) is 30.9 Å². The highest BCUT2D eigenvalue weighted by Crippen LogP contribution is 2.31. The van der Waals surface area contributed by atoms with Gasteiger partial charge in [0.2, 0.25) is 0 Å². The van der Waals surface area contributed by atoms with E-state index in [1.165, 1.54) is 24.8 Å². The first-order chi connectivity index (χ1) is 8.24. The predicted octanol–water partition coefficient (Wildman–Crippen LogP) is 3.85. The Bertz CT molecular complexity index is 563. The van der Waals surface area contributed by atoms with Gasteiger partial charge in [-0.3, -0.25) is 4.79 Å². The van der Waals surface area contributed by atoms with Crippen LogP contribution in [0.15, 0.2) is 24.4 Å². The molecule has 2 aromatic rings. The van der Waals surface area contributed by atoms with E-state index in [4.69, 9.17) is 0 Å². The van der Waals surface area contributed by atoms with Crippen molar-refractivity contribution in [3.05, 3.63) is 35.5 Å². The van der Waals surface area contributed by atoms with Gasteiger partial charge in [-0.15, -0.1) is 0 Å². The lowest BCUT2D eigenvalue weighted by Crippen LogP contribution is -2.15. The third-order valence-electron chi connectivity index (χ3n) is 3.84. The maximum Gasteiger partial charge on any atom is 0.165 e. The lowest BCUT2D eigenvalue weighted by atomic mass is 9.81. The highest BCUT2D eigenvalue weighted by atomic mass is 16.1. The highest BCUT2D eigenvalue weighted by molar-refractivity contribution is 6.08. The molecule has 0 radical (unpaired) electrons. The number of hydrogen-bond acceptors (Lipinski definition) is 1. The van der Waals surface area contributed by atoms with Crippen molar-refractivity contribution in [2.24, 2.45) is 5.92 Å². The molecule has 3 rings (SSSR count). The number of carbonyl (C=O) groups is 1. The van der Waals surface area contributed by atoms with Crippen molar-refractivity contribution in [1.82, 2.24) is 4.98 Å². The average Bonchev–Trinajstić information content (AvgIpc) is 2.66. The van der Waals surface area contributed by atoms with Crippen LogP contribution in [0.1, 0.15) is 41.6 Å². The zero-order valence-electron chi connectivity index (χ0n) is 10.1. The van der Waals surface area contributed by atoms with E-state index in [9.17, 15) is 4.79 Å². The summed E-state index contributed by atoms with van der Waals surface area (Å²) in [4.78, 5) is 15.4. The van der Waals surface area contributed by atoms with E-state index in [1.54, 1.807) is 0 Å². The zero-order valence-corrected chi connectivity index (χ0v) is 10.1. The van der Waals surface area contributed by atoms with Gasteiger partial charge in [0, 0.05) is 29.1 Å². The molecule has 0 saturated heterocycles. The molecule has 1 N–H and O–H groups in total. The second-order valence-electron chi connectivity index (χ2n) is 5.18. The van der Waals surface area contributed by atoms with Crippen molar-refractivity contribution < 1.29 is 4.79 Å². The summed E-state index contributed by atoms with van der Waals surface area (Å²) in [6.45, 7) is 2.06. The number of hydrogen-bond donors (Lipinski definition) is 1. The van der Waals surface area contributed by atoms with Gasteiger partial charge >= 0.3 is 0 Å². The number of fused-ring (bicyclic) bond motifs is 1. The Morgan fingerprint density at radius 1 is 1.41 bits per heavy atom. The number of benzene rings is 1. The third-order valence-corrected chi connectivity index (χ3v) is 3.84. The molecule has 1 aromatic heterocycles. The van der Waals surface area contributed by atoms with Crippen molar-refractivity contribution >= 4 is 16.7 Å². The van der Waals surface area contributed by atoms with Crippen LogP contribution in [0.4, 0.5) is 0 Å². The molecule has 0 atom stereocenters. The molecule has 1 heterocycles. The fourth-order valence-corrected chi connectivity index (χ4v) is 2.53. The molecule has 88 valence electrons. The first kappa shape index (κ1) is 10.6. The summed E-state index contributed by atoms with van der Waals surface area (Å²) >= 11 is 0. The number of aromatic nitrogens is 1. The normalized spacial score (nSPS) is 16.1. The van der Waals surface area contributed by atoms with E-state index < -0.39 is 0 Å². The van der Waals surface area contributed by atoms with E-state index >= 15 is 0 Å². The predicted molar refractivity (Wildman–Crippen MR) is 69.3 cm³/mol. The van der Waals surface area contributed by atoms with Crippen molar-refractivity contribution in [1.29, 1.82) is 0 Å². The fourth-order valence-electron chi connectivity index (χ4n) is 2.53. The van der Waals surface area contributed by atoms with Crippen LogP contribution in [-0.4, -0.2) is 10.8 Å². The average molecular weight is 227 g/mol. The Hall–Kier alpha value is -1.57. The van der Waals surface area contributed by atoms with Crippen molar-refractivity contribution in [3.8, 4) is 0 Å². The molecule has 2 heteroatoms. The summed E-state index contributed by atoms with van der Waals surface area (Å²) in [5.41, 5.74) is 3.14. The number of carbonyl (C=O) groups excluding carboxylic acids is 1. The number of H-pyrrole nitrogens is 1. The van der Waals surface area contributed by atoms with Crippen LogP contribution in [-0.2, 0) is 0 Å². The quantitative estimate of drug-likeness (QED) is 0.794. The van der Waals surface area contributed by atoms with Gasteiger partial charge in [-0.05, 0) is 25.0 Å². The summed E-state index contributed by atoms with van der Waals surface area (Å²) in [6.07, 6.45) is 6.34. The summed E-state index contributed by atoms with van der Waals surface area (Å²) < 4.78 is 0. The van der Waals surface area contributed by atoms with Crippen molar-refractivity contribution in [3.63, 3.8) is 0 Å². The molecule has 0 spiro atoms. The second-order valence-corrected chi connectivity index (χ2v) is 5.18. The smallest absolute Gasteiger partial charge is 0.165 e. The Labute approximate surface area is 101 Å². The topological polar surface area (TPSA) is 32.9 Å². The van der Waals surface area contributed by atoms with Crippen LogP contribution < -0.4 is 0 Å². The molecule has 1 aliphatic rings. The minimum absolute atomic E-state index is 0.298. The zero-order chi connectivity index (χ0) is 11.8. The first-order valence-corrected chi connectivity index (χ1v) is 6.35. The molecule has 1 saturated carbocycles. The monoisotopic (exact) mass is 227 g/mol. The largest absolute Gasteiger partial charge is 0.360 e. The Morgan fingerprint density at radius 2 is 2.24 bits per heavy atom. The number of ketones is 1. The SMILES string of the molecule is Cc1ccc2[nH]cc(C(=O)CC3CCC3)c2c1. The van der Waals surface area contributed by atoms with E-state index in [-0.39, 0.29) is 0 Å². The number of rotatable bonds is 3. The van der Waals surface area contributed by atoms with Crippen molar-refractivity contribution in [2.75, 3.05) is 0 Å². The summed E-state index contributed by atoms with van der Waals surface area (Å²) in [6, 6.07) is 6.21. The Balaban J connectivity index is 1.93. The van der Waals surface area contributed by atoms with Gasteiger partial charge in [0.15, 0.2) is 5.78 Å². The Kier molecular flexibility index (Phi) is 2.50. The summed E-state index contributed by atoms with van der Waals surface area (Å²) in [5.74, 6) is 0.934. The molecule has 1 aromatic carbocycles. The molecular formula is C15H17NO. The summed E-state index contributed by atoms with van der Waals surface area (Å²) in [5, 5.41) is 1.08. The third kappa shape index (κ3) is 1.88. The molecular weight excluding hydrogens is 210 g/mol. The van der Waals surface area contributed by atoms with E-state index in [0.717, 1.165) is 22.9 Å². The van der Waals surface area contributed by atoms with E-state index in [0.29, 0.717) is 11.7 Å². The molecule has 0 bridgehead atoms. The van der Waals surface area contributed by atoms with E-state index in [1.807, 2.05) is 12.3 Å². The van der Waals surface area contributed by atoms with Gasteiger partial charge in [0.25, 0.3) is 0 Å². The second kappa shape index (κ2) is 4.02. The molecule has 1 fully saturated rings. The van der Waals surface area contributed by atoms with Crippen LogP contribution in [0.2, 0.25) is 0 Å². The van der Waals surface area contributed by atoms with Gasteiger partial charge in [-0.2, -0.15) is 0 Å². The number of aromatic amines is 1. The molecule has 0 amide bonds. The number of Topliss-reactive ketones (excluding diaryl/α,β-unsaturated/α-hetero) is 1.